The van der Waals surface area contributed by atoms with Gasteiger partial charge >= 0.3 is 0 Å². The fourth-order valence-electron chi connectivity index (χ4n) is 3.43. The van der Waals surface area contributed by atoms with Gasteiger partial charge in [0, 0.05) is 11.6 Å². The van der Waals surface area contributed by atoms with E-state index < -0.39 is 22.9 Å². The Morgan fingerprint density at radius 3 is 2.68 bits per heavy atom. The predicted octanol–water partition coefficient (Wildman–Crippen LogP) is 2.98. The molecule has 0 unspecified atom stereocenters. The van der Waals surface area contributed by atoms with Crippen molar-refractivity contribution >= 4 is 22.8 Å². The maximum atomic E-state index is 14.2. The molecule has 0 radical (unpaired) electrons. The number of fused-ring (bicyclic) bond motifs is 2. The Bertz CT molecular complexity index is 1380. The quantitative estimate of drug-likeness (QED) is 0.542. The Kier molecular flexibility index (Phi) is 4.04. The van der Waals surface area contributed by atoms with Gasteiger partial charge in [0.2, 0.25) is 11.7 Å². The summed E-state index contributed by atoms with van der Waals surface area (Å²) in [4.78, 5) is 20.6. The highest BCUT2D eigenvalue weighted by molar-refractivity contribution is 6.04. The lowest BCUT2D eigenvalue weighted by molar-refractivity contribution is -0.119. The van der Waals surface area contributed by atoms with Gasteiger partial charge in [0.1, 0.15) is 28.8 Å². The summed E-state index contributed by atoms with van der Waals surface area (Å²) in [6.45, 7) is 3.32. The van der Waals surface area contributed by atoms with Crippen LogP contribution in [0.4, 0.5) is 19.0 Å². The summed E-state index contributed by atoms with van der Waals surface area (Å²) in [5, 5.41) is 15.5. The van der Waals surface area contributed by atoms with E-state index in [9.17, 15) is 18.0 Å². The molecule has 4 heterocycles. The molecule has 5 rings (SSSR count). The molecule has 0 saturated heterocycles. The smallest absolute Gasteiger partial charge is 0.237 e. The van der Waals surface area contributed by atoms with Gasteiger partial charge in [-0.2, -0.15) is 5.10 Å². The first kappa shape index (κ1) is 19.1. The molecule has 0 atom stereocenters. The zero-order valence-electron chi connectivity index (χ0n) is 16.3. The minimum atomic E-state index is -0.886. The number of carbonyl (C=O) groups excluding carboxylic acids is 1. The Hall–Kier alpha value is -3.89. The second-order valence-electron chi connectivity index (χ2n) is 7.68. The van der Waals surface area contributed by atoms with E-state index in [0.29, 0.717) is 5.69 Å². The maximum absolute atomic E-state index is 14.2. The van der Waals surface area contributed by atoms with E-state index in [-0.39, 0.29) is 46.4 Å². The molecule has 3 aromatic heterocycles. The normalized spacial score (nSPS) is 14.7. The molecule has 11 heteroatoms. The average molecular weight is 425 g/mol. The number of anilines is 1. The maximum Gasteiger partial charge on any atom is 0.237 e. The molecular weight excluding hydrogens is 411 g/mol. The van der Waals surface area contributed by atoms with Gasteiger partial charge in [0.25, 0.3) is 0 Å². The van der Waals surface area contributed by atoms with Crippen LogP contribution >= 0.6 is 0 Å². The van der Waals surface area contributed by atoms with E-state index in [2.05, 4.69) is 30.6 Å². The van der Waals surface area contributed by atoms with Gasteiger partial charge in [0.15, 0.2) is 11.5 Å². The number of amides is 1. The SMILES string of the molecule is CC1(C)C(=O)Nc2nc(-c3nn(Cc4ccc(F)cc4F)c4ncc(F)cc34)nnc21. The third-order valence-corrected chi connectivity index (χ3v) is 5.18. The highest BCUT2D eigenvalue weighted by Gasteiger charge is 2.42. The van der Waals surface area contributed by atoms with Crippen LogP contribution in [0.25, 0.3) is 22.6 Å². The first-order valence-electron chi connectivity index (χ1n) is 9.27. The van der Waals surface area contributed by atoms with E-state index in [1.54, 1.807) is 13.8 Å². The third-order valence-electron chi connectivity index (χ3n) is 5.18. The van der Waals surface area contributed by atoms with Crippen LogP contribution in [0.1, 0.15) is 25.1 Å². The summed E-state index contributed by atoms with van der Waals surface area (Å²) in [7, 11) is 0. The molecule has 1 aliphatic heterocycles. The van der Waals surface area contributed by atoms with E-state index in [4.69, 9.17) is 0 Å². The highest BCUT2D eigenvalue weighted by Crippen LogP contribution is 2.35. The molecule has 0 saturated carbocycles. The van der Waals surface area contributed by atoms with Crippen molar-refractivity contribution in [1.82, 2.24) is 29.9 Å². The number of aromatic nitrogens is 6. The fraction of sp³-hybridized carbons (Fsp3) is 0.200. The second kappa shape index (κ2) is 6.56. The number of benzene rings is 1. The molecule has 1 amide bonds. The molecule has 0 bridgehead atoms. The van der Waals surface area contributed by atoms with Gasteiger partial charge in [-0.1, -0.05) is 6.07 Å². The van der Waals surface area contributed by atoms with Crippen LogP contribution in [0.3, 0.4) is 0 Å². The largest absolute Gasteiger partial charge is 0.308 e. The number of hydrogen-bond donors (Lipinski definition) is 1. The molecule has 1 N–H and O–H groups in total. The molecule has 1 aromatic carbocycles. The van der Waals surface area contributed by atoms with Crippen LogP contribution < -0.4 is 5.32 Å². The number of pyridine rings is 1. The van der Waals surface area contributed by atoms with Crippen LogP contribution in [0.2, 0.25) is 0 Å². The van der Waals surface area contributed by atoms with E-state index in [0.717, 1.165) is 18.3 Å². The zero-order chi connectivity index (χ0) is 21.9. The number of rotatable bonds is 3. The lowest BCUT2D eigenvalue weighted by Crippen LogP contribution is -2.27. The summed E-state index contributed by atoms with van der Waals surface area (Å²) < 4.78 is 42.7. The van der Waals surface area contributed by atoms with Crippen molar-refractivity contribution in [2.45, 2.75) is 25.8 Å². The minimum Gasteiger partial charge on any atom is -0.308 e. The summed E-state index contributed by atoms with van der Waals surface area (Å²) in [6, 6.07) is 4.41. The Morgan fingerprint density at radius 1 is 1.10 bits per heavy atom. The van der Waals surface area contributed by atoms with Crippen molar-refractivity contribution in [3.8, 4) is 11.5 Å². The first-order chi connectivity index (χ1) is 14.7. The molecular formula is C20H14F3N7O. The Balaban J connectivity index is 1.64. The summed E-state index contributed by atoms with van der Waals surface area (Å²) in [5.74, 6) is -2.02. The van der Waals surface area contributed by atoms with Gasteiger partial charge in [-0.25, -0.2) is 27.8 Å². The van der Waals surface area contributed by atoms with Gasteiger partial charge in [-0.15, -0.1) is 10.2 Å². The van der Waals surface area contributed by atoms with Crippen molar-refractivity contribution in [3.63, 3.8) is 0 Å². The van der Waals surface area contributed by atoms with Crippen molar-refractivity contribution < 1.29 is 18.0 Å². The zero-order valence-corrected chi connectivity index (χ0v) is 16.3. The molecule has 31 heavy (non-hydrogen) atoms. The average Bonchev–Trinajstić information content (AvgIpc) is 3.17. The van der Waals surface area contributed by atoms with Gasteiger partial charge < -0.3 is 5.32 Å². The van der Waals surface area contributed by atoms with Gasteiger partial charge in [-0.05, 0) is 26.0 Å². The van der Waals surface area contributed by atoms with E-state index >= 15 is 0 Å². The molecule has 1 aliphatic rings. The van der Waals surface area contributed by atoms with E-state index in [1.165, 1.54) is 16.8 Å². The number of halogens is 3. The van der Waals surface area contributed by atoms with Crippen molar-refractivity contribution in [1.29, 1.82) is 0 Å². The third kappa shape index (κ3) is 3.00. The van der Waals surface area contributed by atoms with Gasteiger partial charge in [0.05, 0.1) is 23.5 Å². The minimum absolute atomic E-state index is 0.0486. The molecule has 0 aliphatic carbocycles. The van der Waals surface area contributed by atoms with Crippen molar-refractivity contribution in [2.24, 2.45) is 0 Å². The molecule has 0 spiro atoms. The Labute approximate surface area is 173 Å². The monoisotopic (exact) mass is 425 g/mol. The van der Waals surface area contributed by atoms with Crippen LogP contribution in [0.5, 0.6) is 0 Å². The van der Waals surface area contributed by atoms with Gasteiger partial charge in [-0.3, -0.25) is 4.79 Å². The number of nitrogens with one attached hydrogen (secondary N) is 1. The lowest BCUT2D eigenvalue weighted by Gasteiger charge is -2.11. The number of carbonyl (C=O) groups is 1. The number of hydrogen-bond acceptors (Lipinski definition) is 6. The second-order valence-corrected chi connectivity index (χ2v) is 7.68. The summed E-state index contributed by atoms with van der Waals surface area (Å²) in [6.07, 6.45) is 1.01. The van der Waals surface area contributed by atoms with E-state index in [1.807, 2.05) is 0 Å². The van der Waals surface area contributed by atoms with Crippen LogP contribution in [0.15, 0.2) is 30.5 Å². The Morgan fingerprint density at radius 2 is 1.90 bits per heavy atom. The topological polar surface area (TPSA) is 98.5 Å². The fourth-order valence-corrected chi connectivity index (χ4v) is 3.43. The summed E-state index contributed by atoms with van der Waals surface area (Å²) >= 11 is 0. The van der Waals surface area contributed by atoms with Crippen LogP contribution in [-0.2, 0) is 16.8 Å². The van der Waals surface area contributed by atoms with Crippen LogP contribution in [0, 0.1) is 17.5 Å². The molecule has 0 fully saturated rings. The standard InChI is InChI=1S/C20H14F3N7O/c1-20(2)15-17(26-19(20)31)25-16(28-27-15)14-12-5-11(22)7-24-18(12)30(29-14)8-9-3-4-10(21)6-13(9)23/h3-7H,8H2,1-2H3,(H,25,26,28,31). The molecule has 8 nitrogen and oxygen atoms in total. The lowest BCUT2D eigenvalue weighted by atomic mass is 9.91. The first-order valence-corrected chi connectivity index (χ1v) is 9.27. The predicted molar refractivity (Wildman–Crippen MR) is 103 cm³/mol. The molecule has 4 aromatic rings. The molecule has 156 valence electrons. The summed E-state index contributed by atoms with van der Waals surface area (Å²) in [5.41, 5.74) is 0.101. The van der Waals surface area contributed by atoms with Crippen molar-refractivity contribution in [3.05, 3.63) is 59.2 Å². The highest BCUT2D eigenvalue weighted by atomic mass is 19.1. The van der Waals surface area contributed by atoms with Crippen LogP contribution in [-0.4, -0.2) is 35.9 Å². The van der Waals surface area contributed by atoms with Crippen molar-refractivity contribution in [2.75, 3.05) is 5.32 Å². The number of nitrogens with zero attached hydrogens (tertiary/aromatic N) is 6.